The summed E-state index contributed by atoms with van der Waals surface area (Å²) in [5.41, 5.74) is 1.11. The van der Waals surface area contributed by atoms with E-state index in [1.165, 1.54) is 6.42 Å². The van der Waals surface area contributed by atoms with Crippen molar-refractivity contribution in [2.75, 3.05) is 0 Å². The van der Waals surface area contributed by atoms with Crippen LogP contribution in [0.5, 0.6) is 0 Å². The first kappa shape index (κ1) is 12.4. The maximum atomic E-state index is 10.7. The second-order valence-corrected chi connectivity index (χ2v) is 5.11. The molecule has 3 heteroatoms. The van der Waals surface area contributed by atoms with Crippen LogP contribution in [-0.2, 0) is 17.5 Å². The molecule has 1 aromatic rings. The van der Waals surface area contributed by atoms with Crippen LogP contribution >= 0.6 is 0 Å². The lowest BCUT2D eigenvalue weighted by atomic mass is 10.0. The van der Waals surface area contributed by atoms with E-state index < -0.39 is 11.1 Å². The largest absolute Gasteiger partial charge is 0.768 e. The lowest BCUT2D eigenvalue weighted by Crippen LogP contribution is -1.93. The highest BCUT2D eigenvalue weighted by molar-refractivity contribution is 7.79. The Balaban J connectivity index is 2.54. The summed E-state index contributed by atoms with van der Waals surface area (Å²) in [4.78, 5) is 0.386. The van der Waals surface area contributed by atoms with Gasteiger partial charge in [-0.2, -0.15) is 0 Å². The summed E-state index contributed by atoms with van der Waals surface area (Å²) in [6.07, 6.45) is 3.26. The molecule has 1 rings (SSSR count). The molecule has 0 spiro atoms. The van der Waals surface area contributed by atoms with E-state index >= 15 is 0 Å². The van der Waals surface area contributed by atoms with Crippen molar-refractivity contribution >= 4 is 11.1 Å². The molecule has 15 heavy (non-hydrogen) atoms. The molecule has 0 amide bonds. The molecule has 2 nitrogen and oxygen atoms in total. The van der Waals surface area contributed by atoms with E-state index in [0.717, 1.165) is 18.4 Å². The molecule has 1 aromatic carbocycles. The molecular formula is C12H17O2S-. The van der Waals surface area contributed by atoms with E-state index in [9.17, 15) is 8.76 Å². The Morgan fingerprint density at radius 3 is 2.73 bits per heavy atom. The van der Waals surface area contributed by atoms with Gasteiger partial charge < -0.3 is 4.55 Å². The van der Waals surface area contributed by atoms with E-state index in [4.69, 9.17) is 0 Å². The van der Waals surface area contributed by atoms with Gasteiger partial charge >= 0.3 is 0 Å². The molecule has 1 unspecified atom stereocenters. The maximum Gasteiger partial charge on any atom is 0.0251 e. The summed E-state index contributed by atoms with van der Waals surface area (Å²) in [5, 5.41) is 0. The van der Waals surface area contributed by atoms with E-state index in [1.807, 2.05) is 6.07 Å². The van der Waals surface area contributed by atoms with Crippen molar-refractivity contribution in [3.63, 3.8) is 0 Å². The van der Waals surface area contributed by atoms with Gasteiger partial charge in [-0.3, -0.25) is 4.21 Å². The monoisotopic (exact) mass is 225 g/mol. The standard InChI is InChI=1S/C12H18O2S/c1-10(2)5-3-6-11-7-4-8-12(9-11)15(13)14/h4,7-10H,3,5-6H2,1-2H3,(H,13,14)/p-1. The minimum atomic E-state index is -2.10. The van der Waals surface area contributed by atoms with Crippen molar-refractivity contribution in [2.45, 2.75) is 38.0 Å². The minimum Gasteiger partial charge on any atom is -0.768 e. The molecule has 1 atom stereocenters. The van der Waals surface area contributed by atoms with E-state index in [-0.39, 0.29) is 0 Å². The van der Waals surface area contributed by atoms with Crippen LogP contribution in [0.4, 0.5) is 0 Å². The van der Waals surface area contributed by atoms with Crippen LogP contribution in [0.2, 0.25) is 0 Å². The Morgan fingerprint density at radius 1 is 1.40 bits per heavy atom. The first-order chi connectivity index (χ1) is 7.09. The lowest BCUT2D eigenvalue weighted by Gasteiger charge is -2.08. The molecule has 0 radical (unpaired) electrons. The van der Waals surface area contributed by atoms with Gasteiger partial charge in [0.25, 0.3) is 0 Å². The summed E-state index contributed by atoms with van der Waals surface area (Å²) in [7, 11) is 0. The van der Waals surface area contributed by atoms with Gasteiger partial charge in [-0.25, -0.2) is 0 Å². The molecule has 84 valence electrons. The van der Waals surface area contributed by atoms with Crippen LogP contribution in [0.25, 0.3) is 0 Å². The first-order valence-corrected chi connectivity index (χ1v) is 6.35. The van der Waals surface area contributed by atoms with Crippen LogP contribution in [0, 0.1) is 5.92 Å². The normalized spacial score (nSPS) is 13.1. The highest BCUT2D eigenvalue weighted by atomic mass is 32.2. The molecule has 0 bridgehead atoms. The van der Waals surface area contributed by atoms with Gasteiger partial charge in [0.05, 0.1) is 0 Å². The van der Waals surface area contributed by atoms with Crippen molar-refractivity contribution in [1.29, 1.82) is 0 Å². The van der Waals surface area contributed by atoms with Crippen LogP contribution < -0.4 is 0 Å². The van der Waals surface area contributed by atoms with Gasteiger partial charge in [-0.15, -0.1) is 0 Å². The van der Waals surface area contributed by atoms with Crippen LogP contribution in [-0.4, -0.2) is 8.76 Å². The predicted molar refractivity (Wildman–Crippen MR) is 61.4 cm³/mol. The fourth-order valence-electron chi connectivity index (χ4n) is 1.52. The van der Waals surface area contributed by atoms with Crippen molar-refractivity contribution in [1.82, 2.24) is 0 Å². The van der Waals surface area contributed by atoms with Crippen molar-refractivity contribution in [2.24, 2.45) is 5.92 Å². The Kier molecular flexibility index (Phi) is 4.99. The molecule has 0 aliphatic rings. The molecule has 0 aromatic heterocycles. The smallest absolute Gasteiger partial charge is 0.0251 e. The van der Waals surface area contributed by atoms with Crippen LogP contribution in [0.1, 0.15) is 32.3 Å². The maximum absolute atomic E-state index is 10.7. The number of hydrogen-bond acceptors (Lipinski definition) is 2. The molecule has 0 aliphatic carbocycles. The SMILES string of the molecule is CC(C)CCCc1cccc(S(=O)[O-])c1. The lowest BCUT2D eigenvalue weighted by molar-refractivity contribution is 0.536. The quantitative estimate of drug-likeness (QED) is 0.723. The average molecular weight is 225 g/mol. The van der Waals surface area contributed by atoms with Crippen LogP contribution in [0.15, 0.2) is 29.2 Å². The fraction of sp³-hybridized carbons (Fsp3) is 0.500. The Labute approximate surface area is 94.0 Å². The van der Waals surface area contributed by atoms with Crippen molar-refractivity contribution in [3.8, 4) is 0 Å². The summed E-state index contributed by atoms with van der Waals surface area (Å²) in [5.74, 6) is 0.710. The zero-order valence-corrected chi connectivity index (χ0v) is 10.0. The van der Waals surface area contributed by atoms with Gasteiger partial charge in [-0.1, -0.05) is 32.4 Å². The van der Waals surface area contributed by atoms with E-state index in [0.29, 0.717) is 10.8 Å². The Bertz CT molecular complexity index is 334. The third kappa shape index (κ3) is 4.58. The molecule has 0 N–H and O–H groups in total. The van der Waals surface area contributed by atoms with Gasteiger partial charge in [0.1, 0.15) is 0 Å². The number of benzene rings is 1. The van der Waals surface area contributed by atoms with Gasteiger partial charge in [0, 0.05) is 4.90 Å². The summed E-state index contributed by atoms with van der Waals surface area (Å²) < 4.78 is 21.5. The topological polar surface area (TPSA) is 40.1 Å². The Morgan fingerprint density at radius 2 is 2.13 bits per heavy atom. The highest BCUT2D eigenvalue weighted by Crippen LogP contribution is 2.13. The molecule has 0 fully saturated rings. The summed E-state index contributed by atoms with van der Waals surface area (Å²) in [6.45, 7) is 4.40. The van der Waals surface area contributed by atoms with Crippen molar-refractivity contribution < 1.29 is 8.76 Å². The average Bonchev–Trinajstić information content (AvgIpc) is 2.17. The zero-order valence-electron chi connectivity index (χ0n) is 9.23. The minimum absolute atomic E-state index is 0.386. The number of aryl methyl sites for hydroxylation is 1. The van der Waals surface area contributed by atoms with E-state index in [1.54, 1.807) is 18.2 Å². The molecule has 0 heterocycles. The second kappa shape index (κ2) is 6.03. The predicted octanol–water partition coefficient (Wildman–Crippen LogP) is 2.90. The Hall–Kier alpha value is -0.670. The first-order valence-electron chi connectivity index (χ1n) is 5.28. The highest BCUT2D eigenvalue weighted by Gasteiger charge is 1.98. The summed E-state index contributed by atoms with van der Waals surface area (Å²) >= 11 is -2.10. The molecule has 0 saturated carbocycles. The summed E-state index contributed by atoms with van der Waals surface area (Å²) in [6, 6.07) is 7.16. The fourth-order valence-corrected chi connectivity index (χ4v) is 1.96. The zero-order chi connectivity index (χ0) is 11.3. The number of hydrogen-bond donors (Lipinski definition) is 0. The van der Waals surface area contributed by atoms with Crippen molar-refractivity contribution in [3.05, 3.63) is 29.8 Å². The molecule has 0 aliphatic heterocycles. The molecule has 0 saturated heterocycles. The third-order valence-electron chi connectivity index (χ3n) is 2.34. The van der Waals surface area contributed by atoms with Gasteiger partial charge in [-0.05, 0) is 47.5 Å². The van der Waals surface area contributed by atoms with Gasteiger partial charge in [0.15, 0.2) is 0 Å². The number of rotatable bonds is 5. The second-order valence-electron chi connectivity index (χ2n) is 4.17. The van der Waals surface area contributed by atoms with Crippen LogP contribution in [0.3, 0.4) is 0 Å². The molecular weight excluding hydrogens is 208 g/mol. The van der Waals surface area contributed by atoms with Gasteiger partial charge in [0.2, 0.25) is 0 Å². The third-order valence-corrected chi connectivity index (χ3v) is 2.98. The van der Waals surface area contributed by atoms with E-state index in [2.05, 4.69) is 13.8 Å².